The van der Waals surface area contributed by atoms with Gasteiger partial charge in [-0.3, -0.25) is 0 Å². The van der Waals surface area contributed by atoms with Crippen molar-refractivity contribution in [1.82, 2.24) is 0 Å². The quantitative estimate of drug-likeness (QED) is 0.388. The van der Waals surface area contributed by atoms with Gasteiger partial charge in [-0.1, -0.05) is 0 Å². The van der Waals surface area contributed by atoms with Gasteiger partial charge in [-0.2, -0.15) is 0 Å². The Morgan fingerprint density at radius 1 is 0.750 bits per heavy atom. The molecule has 0 fully saturated rings. The normalized spacial score (nSPS) is 6.00. The molecule has 0 atom stereocenters. The largest absolute Gasteiger partial charge is 0.473 e. The minimum Gasteiger partial charge on any atom is -0.473 e. The molecule has 0 aromatic rings. The molecule has 0 aliphatic carbocycles. The van der Waals surface area contributed by atoms with Crippen LogP contribution >= 0.6 is 24.4 Å². The first-order chi connectivity index (χ1) is 3.46. The molecule has 0 unspecified atom stereocenters. The number of aliphatic hydroxyl groups is 4. The van der Waals surface area contributed by atoms with Gasteiger partial charge < -0.3 is 20.4 Å². The summed E-state index contributed by atoms with van der Waals surface area (Å²) >= 11 is 7.30. The average molecular weight is 156 g/mol. The van der Waals surface area contributed by atoms with E-state index in [4.69, 9.17) is 20.4 Å². The molecule has 0 aromatic carbocycles. The Morgan fingerprint density at radius 3 is 0.750 bits per heavy atom. The summed E-state index contributed by atoms with van der Waals surface area (Å²) < 4.78 is 0. The molecule has 0 aromatic heterocycles. The highest BCUT2D eigenvalue weighted by Crippen LogP contribution is 1.47. The highest BCUT2D eigenvalue weighted by atomic mass is 32.1. The number of hydrogen-bond donors (Lipinski definition) is 4. The van der Waals surface area contributed by atoms with Crippen LogP contribution in [0.15, 0.2) is 0 Å². The summed E-state index contributed by atoms with van der Waals surface area (Å²) in [6.45, 7) is 0. The first-order valence-electron chi connectivity index (χ1n) is 1.30. The third kappa shape index (κ3) is 269. The van der Waals surface area contributed by atoms with Crippen molar-refractivity contribution in [1.29, 1.82) is 0 Å². The molecule has 0 radical (unpaired) electrons. The molecule has 0 spiro atoms. The fraction of sp³-hybridized carbons (Fsp3) is 0. The van der Waals surface area contributed by atoms with E-state index >= 15 is 0 Å². The summed E-state index contributed by atoms with van der Waals surface area (Å²) in [7, 11) is 0. The molecule has 8 heavy (non-hydrogen) atoms. The second-order valence-electron chi connectivity index (χ2n) is 0.565. The van der Waals surface area contributed by atoms with E-state index in [2.05, 4.69) is 24.4 Å². The van der Waals surface area contributed by atoms with Crippen LogP contribution in [0.3, 0.4) is 0 Å². The molecule has 4 nitrogen and oxygen atoms in total. The van der Waals surface area contributed by atoms with E-state index in [1.165, 1.54) is 0 Å². The first kappa shape index (κ1) is 10.4. The number of aliphatic hydroxyl groups excluding tert-OH is 2. The van der Waals surface area contributed by atoms with Gasteiger partial charge in [0.25, 0.3) is 0 Å². The van der Waals surface area contributed by atoms with E-state index in [0.29, 0.717) is 0 Å². The van der Waals surface area contributed by atoms with E-state index in [0.717, 1.165) is 0 Å². The standard InChI is InChI=1S/2CH2O2S/c2*2-1(3)4/h2*(H2,2,3,4). The van der Waals surface area contributed by atoms with E-state index in [-0.39, 0.29) is 0 Å². The van der Waals surface area contributed by atoms with E-state index < -0.39 is 10.5 Å². The van der Waals surface area contributed by atoms with Gasteiger partial charge >= 0.3 is 10.5 Å². The lowest BCUT2D eigenvalue weighted by Gasteiger charge is -1.65. The molecule has 6 heteroatoms. The second kappa shape index (κ2) is 6.38. The van der Waals surface area contributed by atoms with E-state index in [1.54, 1.807) is 0 Å². The van der Waals surface area contributed by atoms with Gasteiger partial charge in [0.1, 0.15) is 0 Å². The van der Waals surface area contributed by atoms with Crippen molar-refractivity contribution in [3.05, 3.63) is 0 Å². The van der Waals surface area contributed by atoms with Crippen molar-refractivity contribution < 1.29 is 20.4 Å². The second-order valence-corrected chi connectivity index (χ2v) is 1.30. The molecule has 0 bridgehead atoms. The molecule has 0 amide bonds. The van der Waals surface area contributed by atoms with Gasteiger partial charge in [0.15, 0.2) is 0 Å². The molecular weight excluding hydrogens is 152 g/mol. The van der Waals surface area contributed by atoms with Crippen LogP contribution in [-0.2, 0) is 0 Å². The molecular formula is C2H4O4S2. The Labute approximate surface area is 56.0 Å². The lowest BCUT2D eigenvalue weighted by Crippen LogP contribution is -1.80. The number of hydrogen-bond acceptors (Lipinski definition) is 2. The Morgan fingerprint density at radius 2 is 0.750 bits per heavy atom. The number of thiocarbonyl (C=S) groups is 2. The van der Waals surface area contributed by atoms with Crippen LogP contribution in [0.25, 0.3) is 0 Å². The molecule has 0 saturated carbocycles. The highest BCUT2D eigenvalue weighted by molar-refractivity contribution is 7.79. The van der Waals surface area contributed by atoms with Crippen molar-refractivity contribution in [2.45, 2.75) is 0 Å². The van der Waals surface area contributed by atoms with Crippen LogP contribution in [0, 0.1) is 0 Å². The minimum absolute atomic E-state index is 1.000. The molecule has 0 aliphatic rings. The van der Waals surface area contributed by atoms with Crippen LogP contribution < -0.4 is 0 Å². The van der Waals surface area contributed by atoms with Gasteiger partial charge in [0.2, 0.25) is 0 Å². The van der Waals surface area contributed by atoms with Crippen LogP contribution in [0.4, 0.5) is 0 Å². The van der Waals surface area contributed by atoms with Gasteiger partial charge in [0, 0.05) is 24.4 Å². The first-order valence-corrected chi connectivity index (χ1v) is 2.12. The monoisotopic (exact) mass is 156 g/mol. The summed E-state index contributed by atoms with van der Waals surface area (Å²) in [5.74, 6) is 0. The van der Waals surface area contributed by atoms with Crippen LogP contribution in [0.5, 0.6) is 0 Å². The Balaban J connectivity index is 0. The summed E-state index contributed by atoms with van der Waals surface area (Å²) in [4.78, 5) is 0. The third-order valence-electron chi connectivity index (χ3n) is 0. The summed E-state index contributed by atoms with van der Waals surface area (Å²) in [6.07, 6.45) is 0. The van der Waals surface area contributed by atoms with Crippen LogP contribution in [0.1, 0.15) is 0 Å². The molecule has 48 valence electrons. The van der Waals surface area contributed by atoms with Gasteiger partial charge in [-0.25, -0.2) is 0 Å². The minimum atomic E-state index is -1.000. The Kier molecular flexibility index (Phi) is 8.28. The smallest absolute Gasteiger partial charge is 0.347 e. The van der Waals surface area contributed by atoms with Crippen LogP contribution in [0.2, 0.25) is 0 Å². The maximum Gasteiger partial charge on any atom is 0.347 e. The Bertz CT molecular complexity index is 70.0. The molecule has 0 rings (SSSR count). The summed E-state index contributed by atoms with van der Waals surface area (Å²) in [5, 5.41) is 27.4. The zero-order valence-electron chi connectivity index (χ0n) is 3.61. The van der Waals surface area contributed by atoms with Crippen molar-refractivity contribution in [2.75, 3.05) is 0 Å². The highest BCUT2D eigenvalue weighted by Gasteiger charge is 1.62. The van der Waals surface area contributed by atoms with E-state index in [1.807, 2.05) is 0 Å². The zero-order valence-corrected chi connectivity index (χ0v) is 5.24. The fourth-order valence-electron chi connectivity index (χ4n) is 0. The maximum atomic E-state index is 7.34. The predicted molar refractivity (Wildman–Crippen MR) is 35.7 cm³/mol. The van der Waals surface area contributed by atoms with Crippen molar-refractivity contribution in [3.63, 3.8) is 0 Å². The molecule has 4 N–H and O–H groups in total. The van der Waals surface area contributed by atoms with E-state index in [9.17, 15) is 0 Å². The topological polar surface area (TPSA) is 80.9 Å². The predicted octanol–water partition coefficient (Wildman–Crippen LogP) is 0.775. The zero-order chi connectivity index (χ0) is 7.15. The molecule has 0 saturated heterocycles. The summed E-state index contributed by atoms with van der Waals surface area (Å²) in [6, 6.07) is 0. The van der Waals surface area contributed by atoms with Gasteiger partial charge in [-0.05, 0) is 0 Å². The lowest BCUT2D eigenvalue weighted by atomic mass is 11.5. The fourth-order valence-corrected chi connectivity index (χ4v) is 0. The SMILES string of the molecule is OC(O)=S.OC(O)=S. The van der Waals surface area contributed by atoms with Crippen molar-refractivity contribution in [2.24, 2.45) is 0 Å². The average Bonchev–Trinajstić information content (AvgIpc) is 1.25. The van der Waals surface area contributed by atoms with Crippen LogP contribution in [-0.4, -0.2) is 30.9 Å². The third-order valence-corrected chi connectivity index (χ3v) is 0. The van der Waals surface area contributed by atoms with Gasteiger partial charge in [-0.15, -0.1) is 0 Å². The molecule has 0 heterocycles. The number of rotatable bonds is 0. The molecule has 0 aliphatic heterocycles. The maximum absolute atomic E-state index is 7.34. The lowest BCUT2D eigenvalue weighted by molar-refractivity contribution is 0.384. The van der Waals surface area contributed by atoms with Crippen molar-refractivity contribution in [3.8, 4) is 0 Å². The summed E-state index contributed by atoms with van der Waals surface area (Å²) in [5.41, 5.74) is 0. The van der Waals surface area contributed by atoms with Crippen molar-refractivity contribution >= 4 is 34.9 Å². The van der Waals surface area contributed by atoms with Gasteiger partial charge in [0.05, 0.1) is 0 Å². The Hall–Kier alpha value is -0.620.